The molecular weight excluding hydrogens is 757 g/mol. The fraction of sp³-hybridized carbons (Fsp3) is 0.208. The van der Waals surface area contributed by atoms with Gasteiger partial charge in [-0.05, 0) is 76.2 Å². The summed E-state index contributed by atoms with van der Waals surface area (Å²) in [4.78, 5) is 22.9. The zero-order valence-electron chi connectivity index (χ0n) is 33.0. The van der Waals surface area contributed by atoms with Gasteiger partial charge in [0, 0.05) is 42.2 Å². The number of nitrogens with one attached hydrogen (secondary N) is 2. The predicted octanol–water partition coefficient (Wildman–Crippen LogP) is 8.91. The molecule has 0 fully saturated rings. The van der Waals surface area contributed by atoms with Crippen molar-refractivity contribution in [2.24, 2.45) is 10.1 Å². The van der Waals surface area contributed by atoms with Crippen LogP contribution in [-0.2, 0) is 35.6 Å². The summed E-state index contributed by atoms with van der Waals surface area (Å²) in [5.41, 5.74) is 19.4. The predicted molar refractivity (Wildman–Crippen MR) is 230 cm³/mol. The molecule has 0 spiro atoms. The normalized spacial score (nSPS) is 15.6. The van der Waals surface area contributed by atoms with Gasteiger partial charge in [-0.15, -0.1) is 0 Å². The second kappa shape index (κ2) is 20.5. The number of nitrogens with zero attached hydrogens (tertiary/aromatic N) is 4. The summed E-state index contributed by atoms with van der Waals surface area (Å²) in [5.74, 6) is 1.73. The molecule has 1 aliphatic heterocycles. The van der Waals surface area contributed by atoms with Crippen molar-refractivity contribution in [1.29, 1.82) is 0 Å². The van der Waals surface area contributed by atoms with Crippen LogP contribution < -0.4 is 25.1 Å². The number of aliphatic hydroxyl groups excluding tert-OH is 1. The third-order valence-corrected chi connectivity index (χ3v) is 9.96. The Bertz CT molecular complexity index is 2390. The lowest BCUT2D eigenvalue weighted by Gasteiger charge is -2.31. The zero-order chi connectivity index (χ0) is 41.4. The van der Waals surface area contributed by atoms with Crippen molar-refractivity contribution in [1.82, 2.24) is 10.9 Å². The fourth-order valence-corrected chi connectivity index (χ4v) is 6.88. The van der Waals surface area contributed by atoms with Crippen LogP contribution in [0, 0.1) is 0 Å². The topological polar surface area (TPSA) is 159 Å². The summed E-state index contributed by atoms with van der Waals surface area (Å²) in [6, 6.07) is 49.7. The van der Waals surface area contributed by atoms with Crippen LogP contribution in [0.5, 0.6) is 17.2 Å². The lowest BCUT2D eigenvalue weighted by Crippen LogP contribution is -2.54. The van der Waals surface area contributed by atoms with E-state index in [4.69, 9.17) is 29.0 Å². The standard InChI is InChI=1S/C48H46N6O6/c49-54-52-42-20-11-10-19-40(42)32-48(45(38-17-8-3-9-18-38)60-46(51-48)39-22-24-41(25-23-39)57-30-12-29-55)47(56)53-50-28-27-35-21-26-43(58-33-36-13-4-1-5-14-36)44(31-35)59-34-37-15-6-2-7-16-37/h1-11,13-26,31,45,50,55H,12,27-30,32-34H2,(H,53,56)/t45-,48-/m0/s1. The molecule has 0 radical (unpaired) electrons. The number of benzene rings is 6. The second-order valence-electron chi connectivity index (χ2n) is 14.2. The van der Waals surface area contributed by atoms with E-state index in [-0.39, 0.29) is 18.9 Å². The molecule has 0 bridgehead atoms. The van der Waals surface area contributed by atoms with Crippen LogP contribution in [-0.4, -0.2) is 42.2 Å². The Balaban J connectivity index is 1.13. The maximum atomic E-state index is 14.8. The van der Waals surface area contributed by atoms with Gasteiger partial charge in [-0.3, -0.25) is 10.2 Å². The largest absolute Gasteiger partial charge is 0.494 e. The van der Waals surface area contributed by atoms with Crippen molar-refractivity contribution in [2.75, 3.05) is 19.8 Å². The summed E-state index contributed by atoms with van der Waals surface area (Å²) >= 11 is 0. The molecule has 3 N–H and O–H groups in total. The zero-order valence-corrected chi connectivity index (χ0v) is 33.0. The molecule has 0 unspecified atom stereocenters. The third-order valence-electron chi connectivity index (χ3n) is 9.96. The molecule has 6 aromatic rings. The minimum atomic E-state index is -1.53. The maximum Gasteiger partial charge on any atom is 0.266 e. The molecule has 60 heavy (non-hydrogen) atoms. The Hall–Kier alpha value is -7.11. The molecule has 2 atom stereocenters. The summed E-state index contributed by atoms with van der Waals surface area (Å²) in [5, 5.41) is 13.1. The van der Waals surface area contributed by atoms with E-state index in [0.717, 1.165) is 22.3 Å². The molecule has 1 heterocycles. The van der Waals surface area contributed by atoms with Crippen molar-refractivity contribution in [3.8, 4) is 17.2 Å². The first kappa shape index (κ1) is 41.1. The van der Waals surface area contributed by atoms with Crippen molar-refractivity contribution >= 4 is 17.5 Å². The summed E-state index contributed by atoms with van der Waals surface area (Å²) in [6.07, 6.45) is 0.282. The van der Waals surface area contributed by atoms with Crippen molar-refractivity contribution in [3.05, 3.63) is 202 Å². The number of aliphatic imine (C=N–C) groups is 1. The fourth-order valence-electron chi connectivity index (χ4n) is 6.88. The monoisotopic (exact) mass is 802 g/mol. The summed E-state index contributed by atoms with van der Waals surface area (Å²) < 4.78 is 24.9. The first-order valence-corrected chi connectivity index (χ1v) is 19.8. The van der Waals surface area contributed by atoms with Gasteiger partial charge < -0.3 is 24.1 Å². The van der Waals surface area contributed by atoms with Crippen LogP contribution >= 0.6 is 0 Å². The number of rotatable bonds is 20. The molecule has 0 saturated heterocycles. The highest BCUT2D eigenvalue weighted by Crippen LogP contribution is 2.43. The van der Waals surface area contributed by atoms with E-state index < -0.39 is 17.6 Å². The number of ether oxygens (including phenoxy) is 4. The van der Waals surface area contributed by atoms with E-state index in [1.54, 1.807) is 24.3 Å². The molecule has 0 aromatic heterocycles. The Kier molecular flexibility index (Phi) is 14.1. The smallest absolute Gasteiger partial charge is 0.266 e. The van der Waals surface area contributed by atoms with Gasteiger partial charge in [-0.25, -0.2) is 10.4 Å². The van der Waals surface area contributed by atoms with E-state index >= 15 is 0 Å². The van der Waals surface area contributed by atoms with Gasteiger partial charge in [0.1, 0.15) is 19.0 Å². The van der Waals surface area contributed by atoms with Crippen molar-refractivity contribution in [3.63, 3.8) is 0 Å². The van der Waals surface area contributed by atoms with Crippen molar-refractivity contribution < 1.29 is 28.8 Å². The van der Waals surface area contributed by atoms with Gasteiger partial charge in [0.2, 0.25) is 5.90 Å². The molecule has 12 heteroatoms. The van der Waals surface area contributed by atoms with Crippen LogP contribution in [0.3, 0.4) is 0 Å². The third kappa shape index (κ3) is 10.5. The van der Waals surface area contributed by atoms with Gasteiger partial charge in [0.15, 0.2) is 23.1 Å². The van der Waals surface area contributed by atoms with E-state index in [2.05, 4.69) is 20.9 Å². The number of hydrogen-bond donors (Lipinski definition) is 3. The first-order chi connectivity index (χ1) is 29.5. The Morgan fingerprint density at radius 1 is 0.767 bits per heavy atom. The number of aliphatic hydroxyl groups is 1. The number of carbonyl (C=O) groups is 1. The highest BCUT2D eigenvalue weighted by Gasteiger charge is 2.53. The van der Waals surface area contributed by atoms with Crippen LogP contribution in [0.15, 0.2) is 168 Å². The van der Waals surface area contributed by atoms with Crippen LogP contribution in [0.2, 0.25) is 0 Å². The number of hydrazine groups is 1. The maximum absolute atomic E-state index is 14.8. The number of carbonyl (C=O) groups excluding carboxylic acids is 1. The molecular formula is C48H46N6O6. The van der Waals surface area contributed by atoms with Gasteiger partial charge in [-0.1, -0.05) is 126 Å². The summed E-state index contributed by atoms with van der Waals surface area (Å²) in [7, 11) is 0. The molecule has 0 saturated carbocycles. The average Bonchev–Trinajstić information content (AvgIpc) is 3.69. The quantitative estimate of drug-likeness (QED) is 0.0229. The van der Waals surface area contributed by atoms with Crippen LogP contribution in [0.4, 0.5) is 5.69 Å². The molecule has 6 aromatic carbocycles. The van der Waals surface area contributed by atoms with Crippen molar-refractivity contribution in [2.45, 2.75) is 44.1 Å². The van der Waals surface area contributed by atoms with Crippen LogP contribution in [0.25, 0.3) is 10.4 Å². The average molecular weight is 803 g/mol. The Labute approximate surface area is 349 Å². The SMILES string of the molecule is [N-]=[N+]=Nc1ccccc1C[C@]1(C(=O)NNCCc2ccc(OCc3ccccc3)c(OCc3ccccc3)c2)N=C(c2ccc(OCCCO)cc2)O[C@H]1c1ccccc1. The molecule has 304 valence electrons. The molecule has 7 rings (SSSR count). The molecule has 12 nitrogen and oxygen atoms in total. The van der Waals surface area contributed by atoms with E-state index in [0.29, 0.717) is 73.3 Å². The lowest BCUT2D eigenvalue weighted by molar-refractivity contribution is -0.130. The highest BCUT2D eigenvalue weighted by molar-refractivity contribution is 6.01. The minimum Gasteiger partial charge on any atom is -0.494 e. The highest BCUT2D eigenvalue weighted by atomic mass is 16.5. The number of amides is 1. The molecule has 0 aliphatic carbocycles. The summed E-state index contributed by atoms with van der Waals surface area (Å²) in [6.45, 7) is 1.57. The van der Waals surface area contributed by atoms with Gasteiger partial charge in [0.25, 0.3) is 5.91 Å². The molecule has 1 amide bonds. The Morgan fingerprint density at radius 3 is 2.10 bits per heavy atom. The van der Waals surface area contributed by atoms with E-state index in [1.807, 2.05) is 133 Å². The Morgan fingerprint density at radius 2 is 1.42 bits per heavy atom. The van der Waals surface area contributed by atoms with Gasteiger partial charge in [0.05, 0.1) is 6.61 Å². The van der Waals surface area contributed by atoms with Gasteiger partial charge >= 0.3 is 0 Å². The van der Waals surface area contributed by atoms with E-state index in [1.165, 1.54) is 0 Å². The lowest BCUT2D eigenvalue weighted by atomic mass is 9.81. The molecule has 1 aliphatic rings. The van der Waals surface area contributed by atoms with E-state index in [9.17, 15) is 10.3 Å². The van der Waals surface area contributed by atoms with Gasteiger partial charge in [-0.2, -0.15) is 0 Å². The number of azide groups is 1. The number of hydrogen-bond acceptors (Lipinski definition) is 9. The van der Waals surface area contributed by atoms with Crippen LogP contribution in [0.1, 0.15) is 45.9 Å². The minimum absolute atomic E-state index is 0.0363. The first-order valence-electron chi connectivity index (χ1n) is 19.8. The second-order valence-corrected chi connectivity index (χ2v) is 14.2.